The molecule has 124 valence electrons. The number of likely N-dealkylation sites (N-methyl/N-ethyl adjacent to an activating group) is 1. The zero-order valence-corrected chi connectivity index (χ0v) is 17.7. The molecule has 0 spiro atoms. The Morgan fingerprint density at radius 3 is 2.52 bits per heavy atom. The first-order valence-corrected chi connectivity index (χ1v) is 7.52. The van der Waals surface area contributed by atoms with Gasteiger partial charge >= 0.3 is 0 Å². The van der Waals surface area contributed by atoms with Crippen LogP contribution < -0.4 is 0 Å². The van der Waals surface area contributed by atoms with E-state index in [2.05, 4.69) is 20.9 Å². The highest BCUT2D eigenvalue weighted by Gasteiger charge is 2.29. The lowest BCUT2D eigenvalue weighted by Crippen LogP contribution is -2.29. The summed E-state index contributed by atoms with van der Waals surface area (Å²) < 4.78 is 0.991. The van der Waals surface area contributed by atoms with Crippen LogP contribution in [0.1, 0.15) is 22.9 Å². The van der Waals surface area contributed by atoms with E-state index in [9.17, 15) is 5.11 Å². The topological polar surface area (TPSA) is 48.7 Å². The predicted molar refractivity (Wildman–Crippen MR) is 107 cm³/mol. The molecule has 7 heteroatoms. The smallest absolute Gasteiger partial charge is 0.123 e. The Morgan fingerprint density at radius 1 is 1.17 bits per heavy atom. The second kappa shape index (κ2) is 8.26. The molecule has 0 bridgehead atoms. The van der Waals surface area contributed by atoms with Gasteiger partial charge in [0.2, 0.25) is 0 Å². The fraction of sp³-hybridized carbons (Fsp3) is 0.250. The van der Waals surface area contributed by atoms with E-state index in [0.29, 0.717) is 6.42 Å². The highest BCUT2D eigenvalue weighted by atomic mass is 79.9. The van der Waals surface area contributed by atoms with Gasteiger partial charge in [0.05, 0.1) is 5.69 Å². The molecule has 1 unspecified atom stereocenters. The number of amidine groups is 1. The first-order chi connectivity index (χ1) is 10.1. The molecule has 0 aliphatic carbocycles. The summed E-state index contributed by atoms with van der Waals surface area (Å²) >= 11 is 3.59. The van der Waals surface area contributed by atoms with Crippen LogP contribution >= 0.6 is 49.9 Å². The van der Waals surface area contributed by atoms with Crippen LogP contribution in [0.3, 0.4) is 0 Å². The van der Waals surface area contributed by atoms with Crippen LogP contribution in [0.4, 0.5) is 0 Å². The number of aliphatic imine (C=N–C) groups is 1. The lowest BCUT2D eigenvalue weighted by molar-refractivity contribution is 0.461. The van der Waals surface area contributed by atoms with E-state index < -0.39 is 0 Å². The molecule has 2 aromatic rings. The number of halogens is 3. The zero-order valence-electron chi connectivity index (χ0n) is 12.7. The summed E-state index contributed by atoms with van der Waals surface area (Å²) in [7, 11) is 3.96. The van der Waals surface area contributed by atoms with Crippen molar-refractivity contribution >= 4 is 55.7 Å². The number of fused-ring (bicyclic) bond motifs is 1. The van der Waals surface area contributed by atoms with Gasteiger partial charge in [-0.1, -0.05) is 22.0 Å². The maximum absolute atomic E-state index is 10.3. The number of aromatic hydroxyl groups is 1. The van der Waals surface area contributed by atoms with Crippen LogP contribution in [0.2, 0.25) is 0 Å². The lowest BCUT2D eigenvalue weighted by atomic mass is 9.91. The van der Waals surface area contributed by atoms with Gasteiger partial charge < -0.3 is 10.0 Å². The van der Waals surface area contributed by atoms with E-state index in [0.717, 1.165) is 27.1 Å². The number of hydrogen-bond donors (Lipinski definition) is 1. The number of phenolic OH excluding ortho intramolecular Hbond substituents is 1. The highest BCUT2D eigenvalue weighted by molar-refractivity contribution is 9.10. The maximum atomic E-state index is 10.3. The predicted octanol–water partition coefficient (Wildman–Crippen LogP) is 4.31. The van der Waals surface area contributed by atoms with E-state index in [1.54, 1.807) is 12.3 Å². The van der Waals surface area contributed by atoms with Crippen LogP contribution in [0.5, 0.6) is 5.75 Å². The van der Waals surface area contributed by atoms with Crippen LogP contribution in [-0.2, 0) is 6.42 Å². The lowest BCUT2D eigenvalue weighted by Gasteiger charge is -2.28. The highest BCUT2D eigenvalue weighted by Crippen LogP contribution is 2.40. The average Bonchev–Trinajstić information content (AvgIpc) is 2.51. The van der Waals surface area contributed by atoms with E-state index in [-0.39, 0.29) is 45.8 Å². The van der Waals surface area contributed by atoms with Gasteiger partial charge in [-0.15, -0.1) is 34.0 Å². The molecule has 1 aromatic heterocycles. The molecule has 1 atom stereocenters. The van der Waals surface area contributed by atoms with Gasteiger partial charge in [0, 0.05) is 36.7 Å². The van der Waals surface area contributed by atoms with Gasteiger partial charge in [0.1, 0.15) is 17.6 Å². The van der Waals surface area contributed by atoms with Gasteiger partial charge in [0.15, 0.2) is 0 Å². The molecule has 2 heterocycles. The molecule has 0 radical (unpaired) electrons. The monoisotopic (exact) mass is 505 g/mol. The summed E-state index contributed by atoms with van der Waals surface area (Å²) in [4.78, 5) is 11.2. The molecule has 0 amide bonds. The van der Waals surface area contributed by atoms with Crippen molar-refractivity contribution in [1.29, 1.82) is 0 Å². The van der Waals surface area contributed by atoms with Gasteiger partial charge in [-0.3, -0.25) is 9.98 Å². The minimum absolute atomic E-state index is 0. The Bertz CT molecular complexity index is 705. The van der Waals surface area contributed by atoms with Crippen molar-refractivity contribution in [3.8, 4) is 5.75 Å². The maximum Gasteiger partial charge on any atom is 0.123 e. The summed E-state index contributed by atoms with van der Waals surface area (Å²) in [6, 6.07) is 9.07. The quantitative estimate of drug-likeness (QED) is 0.625. The second-order valence-electron chi connectivity index (χ2n) is 5.23. The molecule has 1 aromatic carbocycles. The van der Waals surface area contributed by atoms with Crippen molar-refractivity contribution < 1.29 is 5.11 Å². The molecule has 1 N–H and O–H groups in total. The first-order valence-electron chi connectivity index (χ1n) is 6.73. The van der Waals surface area contributed by atoms with Gasteiger partial charge in [0.25, 0.3) is 0 Å². The van der Waals surface area contributed by atoms with Crippen LogP contribution in [0.15, 0.2) is 46.0 Å². The minimum Gasteiger partial charge on any atom is -0.508 e. The van der Waals surface area contributed by atoms with Crippen LogP contribution in [-0.4, -0.2) is 34.9 Å². The van der Waals surface area contributed by atoms with Crippen molar-refractivity contribution in [2.75, 3.05) is 14.1 Å². The van der Waals surface area contributed by atoms with Crippen LogP contribution in [0, 0.1) is 0 Å². The van der Waals surface area contributed by atoms with Crippen molar-refractivity contribution in [2.45, 2.75) is 12.5 Å². The SMILES string of the molecule is Br.Br.CN(C)C1=NC(c2ccccn2)c2c(O)ccc(Br)c2C1. The van der Waals surface area contributed by atoms with Gasteiger partial charge in [-0.25, -0.2) is 0 Å². The fourth-order valence-electron chi connectivity index (χ4n) is 2.55. The zero-order chi connectivity index (χ0) is 15.0. The third-order valence-electron chi connectivity index (χ3n) is 3.65. The number of hydrogen-bond acceptors (Lipinski definition) is 4. The Morgan fingerprint density at radius 2 is 1.91 bits per heavy atom. The standard InChI is InChI=1S/C16H16BrN3O.2BrH/c1-20(2)14-9-10-11(17)6-7-13(21)15(10)16(19-14)12-5-3-4-8-18-12;;/h3-8,16,21H,9H2,1-2H3;2*1H. The largest absolute Gasteiger partial charge is 0.508 e. The summed E-state index contributed by atoms with van der Waals surface area (Å²) in [5.41, 5.74) is 2.75. The van der Waals surface area contributed by atoms with E-state index >= 15 is 0 Å². The summed E-state index contributed by atoms with van der Waals surface area (Å²) in [6.07, 6.45) is 2.45. The molecule has 4 nitrogen and oxygen atoms in total. The number of benzene rings is 1. The summed E-state index contributed by atoms with van der Waals surface area (Å²) in [6.45, 7) is 0. The Hall–Kier alpha value is -0.920. The molecule has 1 aliphatic rings. The number of phenols is 1. The Labute approximate surface area is 165 Å². The fourth-order valence-corrected chi connectivity index (χ4v) is 3.04. The third-order valence-corrected chi connectivity index (χ3v) is 4.39. The van der Waals surface area contributed by atoms with Crippen molar-refractivity contribution in [3.05, 3.63) is 57.8 Å². The van der Waals surface area contributed by atoms with Crippen molar-refractivity contribution in [1.82, 2.24) is 9.88 Å². The molecule has 0 saturated heterocycles. The Kier molecular flexibility index (Phi) is 7.23. The molecule has 0 fully saturated rings. The third kappa shape index (κ3) is 3.95. The number of rotatable bonds is 1. The van der Waals surface area contributed by atoms with Crippen molar-refractivity contribution in [3.63, 3.8) is 0 Å². The summed E-state index contributed by atoms with van der Waals surface area (Å²) in [5, 5.41) is 10.3. The van der Waals surface area contributed by atoms with Crippen molar-refractivity contribution in [2.24, 2.45) is 4.99 Å². The molecule has 1 aliphatic heterocycles. The average molecular weight is 508 g/mol. The minimum atomic E-state index is -0.273. The first kappa shape index (κ1) is 20.1. The number of aromatic nitrogens is 1. The number of nitrogens with zero attached hydrogens (tertiary/aromatic N) is 3. The van der Waals surface area contributed by atoms with Gasteiger partial charge in [-0.2, -0.15) is 0 Å². The molecule has 3 rings (SSSR count). The van der Waals surface area contributed by atoms with E-state index in [4.69, 9.17) is 4.99 Å². The van der Waals surface area contributed by atoms with E-state index in [1.165, 1.54) is 0 Å². The summed E-state index contributed by atoms with van der Waals surface area (Å²) in [5.74, 6) is 1.25. The van der Waals surface area contributed by atoms with E-state index in [1.807, 2.05) is 43.3 Å². The molecule has 0 saturated carbocycles. The molecular weight excluding hydrogens is 490 g/mol. The molecular formula is C16H18Br3N3O. The van der Waals surface area contributed by atoms with Gasteiger partial charge in [-0.05, 0) is 29.8 Å². The Balaban J connectivity index is 0.00000132. The number of pyridine rings is 1. The normalized spacial score (nSPS) is 15.6. The second-order valence-corrected chi connectivity index (χ2v) is 6.09. The van der Waals surface area contributed by atoms with Crippen LogP contribution in [0.25, 0.3) is 0 Å². The molecule has 23 heavy (non-hydrogen) atoms.